The minimum absolute atomic E-state index is 0.275. The van der Waals surface area contributed by atoms with Gasteiger partial charge in [0, 0.05) is 4.47 Å². The maximum atomic E-state index is 11.4. The van der Waals surface area contributed by atoms with Gasteiger partial charge in [-0.1, -0.05) is 15.9 Å². The van der Waals surface area contributed by atoms with E-state index in [1.165, 1.54) is 7.11 Å². The Morgan fingerprint density at radius 3 is 1.46 bits per heavy atom. The van der Waals surface area contributed by atoms with Gasteiger partial charge in [0.25, 0.3) is 0 Å². The molecule has 0 amide bonds. The number of hydrogen-bond donors (Lipinski definition) is 0. The summed E-state index contributed by atoms with van der Waals surface area (Å²) in [5.41, 5.74) is -10.0. The maximum Gasteiger partial charge on any atom is 0.524 e. The standard InChI is InChI=1S/C10H11BrO2.C2F6O5S2/c1-6-4-8(11)5-7(2)9(6)10(12)13-3;3-1(4,5)14(9,10)13-15(11,12)2(6,7)8/h4-5H,1-3H3;. The van der Waals surface area contributed by atoms with Crippen LogP contribution in [0.2, 0.25) is 0 Å². The molecule has 0 N–H and O–H groups in total. The zero-order valence-electron chi connectivity index (χ0n) is 14.0. The van der Waals surface area contributed by atoms with Gasteiger partial charge < -0.3 is 4.74 Å². The third-order valence-corrected chi connectivity index (χ3v) is 5.66. The van der Waals surface area contributed by atoms with E-state index in [4.69, 9.17) is 0 Å². The molecule has 0 aliphatic carbocycles. The average Bonchev–Trinajstić information content (AvgIpc) is 2.43. The maximum absolute atomic E-state index is 11.4. The summed E-state index contributed by atoms with van der Waals surface area (Å²) in [5, 5.41) is 0. The van der Waals surface area contributed by atoms with Crippen molar-refractivity contribution in [3.05, 3.63) is 33.3 Å². The van der Waals surface area contributed by atoms with Gasteiger partial charge in [-0.2, -0.15) is 43.2 Å². The lowest BCUT2D eigenvalue weighted by atomic mass is 10.0. The number of aryl methyl sites for hydroxylation is 2. The monoisotopic (exact) mass is 524 g/mol. The Hall–Kier alpha value is -1.39. The number of alkyl halides is 6. The number of methoxy groups -OCH3 is 1. The lowest BCUT2D eigenvalue weighted by Gasteiger charge is -2.09. The largest absolute Gasteiger partial charge is 0.524 e. The molecule has 7 nitrogen and oxygen atoms in total. The highest BCUT2D eigenvalue weighted by molar-refractivity contribution is 9.10. The lowest BCUT2D eigenvalue weighted by molar-refractivity contribution is -0.0585. The third kappa shape index (κ3) is 6.89. The summed E-state index contributed by atoms with van der Waals surface area (Å²) in [6, 6.07) is 3.80. The van der Waals surface area contributed by atoms with Crippen LogP contribution in [0.15, 0.2) is 16.6 Å². The summed E-state index contributed by atoms with van der Waals surface area (Å²) < 4.78 is 116. The van der Waals surface area contributed by atoms with Crippen molar-refractivity contribution in [1.82, 2.24) is 0 Å². The summed E-state index contributed by atoms with van der Waals surface area (Å²) in [6.45, 7) is 3.79. The van der Waals surface area contributed by atoms with Crippen molar-refractivity contribution >= 4 is 42.1 Å². The zero-order chi connectivity index (χ0) is 22.7. The molecule has 0 saturated carbocycles. The number of carbonyl (C=O) groups is 1. The minimum atomic E-state index is -6.85. The molecule has 0 heterocycles. The fourth-order valence-corrected chi connectivity index (χ4v) is 3.78. The van der Waals surface area contributed by atoms with Gasteiger partial charge in [0.2, 0.25) is 0 Å². The van der Waals surface area contributed by atoms with Crippen molar-refractivity contribution in [3.63, 3.8) is 0 Å². The van der Waals surface area contributed by atoms with E-state index in [-0.39, 0.29) is 5.97 Å². The van der Waals surface area contributed by atoms with Crippen molar-refractivity contribution < 1.29 is 56.3 Å². The molecule has 0 fully saturated rings. The van der Waals surface area contributed by atoms with Crippen LogP contribution in [0.3, 0.4) is 0 Å². The summed E-state index contributed by atoms with van der Waals surface area (Å²) in [5.74, 6) is -0.275. The van der Waals surface area contributed by atoms with E-state index in [9.17, 15) is 48.0 Å². The normalized spacial score (nSPS) is 12.8. The quantitative estimate of drug-likeness (QED) is 0.338. The Morgan fingerprint density at radius 2 is 1.21 bits per heavy atom. The average molecular weight is 525 g/mol. The third-order valence-electron chi connectivity index (χ3n) is 2.63. The second kappa shape index (κ2) is 8.96. The number of carbonyl (C=O) groups excluding carboxylic acids is 1. The topological polar surface area (TPSA) is 104 Å². The van der Waals surface area contributed by atoms with Gasteiger partial charge in [-0.05, 0) is 37.1 Å². The minimum Gasteiger partial charge on any atom is -0.465 e. The first kappa shape index (κ1) is 26.6. The molecule has 1 rings (SSSR count). The van der Waals surface area contributed by atoms with Gasteiger partial charge in [0.05, 0.1) is 12.7 Å². The van der Waals surface area contributed by atoms with E-state index in [0.29, 0.717) is 5.56 Å². The summed E-state index contributed by atoms with van der Waals surface area (Å²) >= 11 is 3.37. The van der Waals surface area contributed by atoms with Crippen molar-refractivity contribution in [1.29, 1.82) is 0 Å². The molecule has 1 aromatic rings. The summed E-state index contributed by atoms with van der Waals surface area (Å²) in [6.07, 6.45) is 0. The second-order valence-corrected chi connectivity index (χ2v) is 8.98. The van der Waals surface area contributed by atoms with Crippen LogP contribution in [0.4, 0.5) is 26.3 Å². The Morgan fingerprint density at radius 1 is 0.893 bits per heavy atom. The van der Waals surface area contributed by atoms with Crippen LogP contribution in [-0.4, -0.2) is 40.9 Å². The fraction of sp³-hybridized carbons (Fsp3) is 0.417. The molecule has 0 bridgehead atoms. The van der Waals surface area contributed by atoms with E-state index in [1.807, 2.05) is 29.6 Å². The van der Waals surface area contributed by atoms with Crippen molar-refractivity contribution in [2.45, 2.75) is 24.9 Å². The molecule has 0 spiro atoms. The van der Waals surface area contributed by atoms with E-state index in [0.717, 1.165) is 15.6 Å². The number of benzene rings is 1. The predicted molar refractivity (Wildman–Crippen MR) is 86.0 cm³/mol. The molecular formula is C12H11BrF6O7S2. The van der Waals surface area contributed by atoms with Crippen LogP contribution < -0.4 is 0 Å². The lowest BCUT2D eigenvalue weighted by Crippen LogP contribution is -2.34. The van der Waals surface area contributed by atoms with E-state index in [1.54, 1.807) is 0 Å². The van der Waals surface area contributed by atoms with Crippen LogP contribution >= 0.6 is 15.9 Å². The van der Waals surface area contributed by atoms with Crippen LogP contribution in [0.25, 0.3) is 0 Å². The van der Waals surface area contributed by atoms with Crippen molar-refractivity contribution in [3.8, 4) is 0 Å². The number of rotatable bonds is 3. The first-order valence-electron chi connectivity index (χ1n) is 6.45. The highest BCUT2D eigenvalue weighted by Gasteiger charge is 2.57. The van der Waals surface area contributed by atoms with E-state index < -0.39 is 31.3 Å². The van der Waals surface area contributed by atoms with E-state index in [2.05, 4.69) is 20.7 Å². The molecule has 0 aromatic heterocycles. The number of esters is 1. The predicted octanol–water partition coefficient (Wildman–Crippen LogP) is 3.55. The van der Waals surface area contributed by atoms with Crippen LogP contribution in [0.5, 0.6) is 0 Å². The van der Waals surface area contributed by atoms with Crippen LogP contribution in [0.1, 0.15) is 21.5 Å². The highest BCUT2D eigenvalue weighted by Crippen LogP contribution is 2.32. The van der Waals surface area contributed by atoms with Gasteiger partial charge in [-0.3, -0.25) is 0 Å². The molecule has 162 valence electrons. The van der Waals surface area contributed by atoms with Gasteiger partial charge in [0.1, 0.15) is 0 Å². The molecule has 16 heteroatoms. The molecule has 0 unspecified atom stereocenters. The molecule has 0 atom stereocenters. The first-order valence-corrected chi connectivity index (χ1v) is 10.1. The molecule has 0 aliphatic rings. The van der Waals surface area contributed by atoms with Gasteiger partial charge >= 0.3 is 37.2 Å². The molecule has 1 aromatic carbocycles. The van der Waals surface area contributed by atoms with E-state index >= 15 is 0 Å². The van der Waals surface area contributed by atoms with Crippen molar-refractivity contribution in [2.75, 3.05) is 7.11 Å². The molecule has 28 heavy (non-hydrogen) atoms. The zero-order valence-corrected chi connectivity index (χ0v) is 17.2. The Balaban J connectivity index is 0.000000525. The summed E-state index contributed by atoms with van der Waals surface area (Å²) in [7, 11) is -12.3. The van der Waals surface area contributed by atoms with Crippen LogP contribution in [-0.2, 0) is 28.6 Å². The molecular weight excluding hydrogens is 514 g/mol. The number of hydrogen-bond acceptors (Lipinski definition) is 7. The van der Waals surface area contributed by atoms with Crippen LogP contribution in [0, 0.1) is 13.8 Å². The highest BCUT2D eigenvalue weighted by atomic mass is 79.9. The molecule has 0 radical (unpaired) electrons. The van der Waals surface area contributed by atoms with Gasteiger partial charge in [0.15, 0.2) is 0 Å². The molecule has 0 saturated heterocycles. The number of halogens is 7. The van der Waals surface area contributed by atoms with Gasteiger partial charge in [-0.15, -0.1) is 3.63 Å². The fourth-order valence-electron chi connectivity index (χ4n) is 1.53. The van der Waals surface area contributed by atoms with Gasteiger partial charge in [-0.25, -0.2) is 4.79 Å². The molecule has 0 aliphatic heterocycles. The Labute approximate surface area is 164 Å². The SMILES string of the molecule is COC(=O)c1c(C)cc(Br)cc1C.O=S(=O)(OS(=O)(=O)C(F)(F)F)C(F)(F)F. The summed E-state index contributed by atoms with van der Waals surface area (Å²) in [4.78, 5) is 11.3. The Kier molecular flexibility index (Phi) is 8.51. The first-order chi connectivity index (χ1) is 12.3. The second-order valence-electron chi connectivity index (χ2n) is 4.77. The smallest absolute Gasteiger partial charge is 0.465 e. The van der Waals surface area contributed by atoms with Crippen molar-refractivity contribution in [2.24, 2.45) is 0 Å². The Bertz CT molecular complexity index is 871. The number of ether oxygens (including phenoxy) is 1.